The summed E-state index contributed by atoms with van der Waals surface area (Å²) in [4.78, 5) is 0. The molecule has 4 heteroatoms. The Morgan fingerprint density at radius 2 is 1.14 bits per heavy atom. The number of nitrogens with zero attached hydrogens (tertiary/aromatic N) is 1. The summed E-state index contributed by atoms with van der Waals surface area (Å²) >= 11 is 0. The molecule has 0 aliphatic rings. The molecule has 29 heavy (non-hydrogen) atoms. The Morgan fingerprint density at radius 3 is 1.59 bits per heavy atom. The van der Waals surface area contributed by atoms with Gasteiger partial charge in [0.25, 0.3) is 0 Å². The fraction of sp³-hybridized carbons (Fsp3) is 0.720. The minimum Gasteiger partial charge on any atom is -0.508 e. The molecule has 0 spiro atoms. The van der Waals surface area contributed by atoms with E-state index in [1.165, 1.54) is 89.2 Å². The molecule has 3 N–H and O–H groups in total. The number of phenols is 2. The lowest BCUT2D eigenvalue weighted by Gasteiger charge is -2.15. The maximum absolute atomic E-state index is 10.3. The summed E-state index contributed by atoms with van der Waals surface area (Å²) in [5.41, 5.74) is 0.122. The SMILES string of the molecule is CCCCCCCCCCCCCCCCCC(O)c1c(O)ccc(O)c1C#N. The van der Waals surface area contributed by atoms with Crippen molar-refractivity contribution < 1.29 is 15.3 Å². The van der Waals surface area contributed by atoms with E-state index in [1.807, 2.05) is 6.07 Å². The number of benzene rings is 1. The molecule has 0 saturated heterocycles. The summed E-state index contributed by atoms with van der Waals surface area (Å²) in [6, 6.07) is 4.47. The zero-order valence-corrected chi connectivity index (χ0v) is 18.3. The smallest absolute Gasteiger partial charge is 0.133 e. The van der Waals surface area contributed by atoms with Crippen molar-refractivity contribution in [3.63, 3.8) is 0 Å². The summed E-state index contributed by atoms with van der Waals surface area (Å²) in [6.07, 6.45) is 18.9. The van der Waals surface area contributed by atoms with Gasteiger partial charge in [0.15, 0.2) is 0 Å². The van der Waals surface area contributed by atoms with Crippen LogP contribution in [0.3, 0.4) is 0 Å². The maximum Gasteiger partial charge on any atom is 0.133 e. The van der Waals surface area contributed by atoms with Crippen LogP contribution in [-0.2, 0) is 0 Å². The Balaban J connectivity index is 2.02. The second kappa shape index (κ2) is 16.1. The molecule has 0 aromatic heterocycles. The highest BCUT2D eigenvalue weighted by Crippen LogP contribution is 2.35. The van der Waals surface area contributed by atoms with Crippen molar-refractivity contribution in [1.82, 2.24) is 0 Å². The van der Waals surface area contributed by atoms with Crippen LogP contribution in [0.5, 0.6) is 11.5 Å². The van der Waals surface area contributed by atoms with Gasteiger partial charge in [0.1, 0.15) is 23.1 Å². The van der Waals surface area contributed by atoms with Gasteiger partial charge in [-0.25, -0.2) is 0 Å². The first-order chi connectivity index (χ1) is 14.1. The van der Waals surface area contributed by atoms with Crippen LogP contribution in [0.25, 0.3) is 0 Å². The van der Waals surface area contributed by atoms with Crippen LogP contribution in [-0.4, -0.2) is 15.3 Å². The molecule has 0 heterocycles. The zero-order valence-electron chi connectivity index (χ0n) is 18.3. The topological polar surface area (TPSA) is 84.5 Å². The predicted molar refractivity (Wildman–Crippen MR) is 119 cm³/mol. The Morgan fingerprint density at radius 1 is 0.724 bits per heavy atom. The van der Waals surface area contributed by atoms with Crippen LogP contribution in [0.2, 0.25) is 0 Å². The molecule has 0 aliphatic heterocycles. The molecular weight excluding hydrogens is 362 g/mol. The number of hydrogen-bond acceptors (Lipinski definition) is 4. The minimum atomic E-state index is -0.918. The summed E-state index contributed by atoms with van der Waals surface area (Å²) in [5, 5.41) is 39.1. The van der Waals surface area contributed by atoms with Crippen LogP contribution in [0.15, 0.2) is 12.1 Å². The van der Waals surface area contributed by atoms with Crippen molar-refractivity contribution in [2.24, 2.45) is 0 Å². The van der Waals surface area contributed by atoms with Crippen LogP contribution in [0.1, 0.15) is 127 Å². The highest BCUT2D eigenvalue weighted by Gasteiger charge is 2.19. The van der Waals surface area contributed by atoms with Crippen molar-refractivity contribution in [3.8, 4) is 17.6 Å². The number of rotatable bonds is 17. The van der Waals surface area contributed by atoms with Crippen molar-refractivity contribution in [3.05, 3.63) is 23.3 Å². The normalized spacial score (nSPS) is 12.0. The number of phenolic OH excluding ortho intramolecular Hbond substituents is 2. The predicted octanol–water partition coefficient (Wildman–Crippen LogP) is 7.26. The first kappa shape index (κ1) is 25.3. The van der Waals surface area contributed by atoms with E-state index >= 15 is 0 Å². The highest BCUT2D eigenvalue weighted by molar-refractivity contribution is 5.54. The first-order valence-electron chi connectivity index (χ1n) is 11.7. The molecule has 1 rings (SSSR count). The molecular formula is C25H41NO3. The van der Waals surface area contributed by atoms with Gasteiger partial charge in [-0.15, -0.1) is 0 Å². The monoisotopic (exact) mass is 403 g/mol. The van der Waals surface area contributed by atoms with Gasteiger partial charge < -0.3 is 15.3 Å². The minimum absolute atomic E-state index is 0.0292. The number of aliphatic hydroxyl groups excluding tert-OH is 1. The van der Waals surface area contributed by atoms with E-state index < -0.39 is 6.10 Å². The largest absolute Gasteiger partial charge is 0.508 e. The number of unbranched alkanes of at least 4 members (excludes halogenated alkanes) is 14. The average Bonchev–Trinajstić information content (AvgIpc) is 2.72. The van der Waals surface area contributed by atoms with Gasteiger partial charge in [0.2, 0.25) is 0 Å². The molecule has 1 unspecified atom stereocenters. The number of nitriles is 1. The molecule has 4 nitrogen and oxygen atoms in total. The molecule has 164 valence electrons. The lowest BCUT2D eigenvalue weighted by Crippen LogP contribution is -2.01. The van der Waals surface area contributed by atoms with Gasteiger partial charge in [-0.1, -0.05) is 103 Å². The van der Waals surface area contributed by atoms with E-state index in [2.05, 4.69) is 6.92 Å². The van der Waals surface area contributed by atoms with Gasteiger partial charge in [0, 0.05) is 5.56 Å². The van der Waals surface area contributed by atoms with E-state index in [-0.39, 0.29) is 22.6 Å². The summed E-state index contributed by atoms with van der Waals surface area (Å²) < 4.78 is 0. The highest BCUT2D eigenvalue weighted by atomic mass is 16.3. The summed E-state index contributed by atoms with van der Waals surface area (Å²) in [7, 11) is 0. The third-order valence-electron chi connectivity index (χ3n) is 5.73. The molecule has 0 radical (unpaired) electrons. The standard InChI is InChI=1S/C25H41NO3/c1-2-3-4-5-6-7-8-9-10-11-12-13-14-15-16-17-23(28)25-21(20-26)22(27)18-19-24(25)29/h18-19,23,27-29H,2-17H2,1H3. The number of aromatic hydroxyl groups is 2. The zero-order chi connectivity index (χ0) is 21.3. The lowest BCUT2D eigenvalue weighted by molar-refractivity contribution is 0.159. The number of aliphatic hydroxyl groups is 1. The van der Waals surface area contributed by atoms with Gasteiger partial charge in [-0.2, -0.15) is 5.26 Å². The van der Waals surface area contributed by atoms with E-state index in [9.17, 15) is 15.3 Å². The van der Waals surface area contributed by atoms with E-state index in [4.69, 9.17) is 5.26 Å². The number of hydrogen-bond donors (Lipinski definition) is 3. The Kier molecular flexibility index (Phi) is 14.1. The third-order valence-corrected chi connectivity index (χ3v) is 5.73. The Labute approximate surface area is 177 Å². The van der Waals surface area contributed by atoms with Gasteiger partial charge in [-0.05, 0) is 18.6 Å². The van der Waals surface area contributed by atoms with E-state index in [0.717, 1.165) is 19.3 Å². The second-order valence-electron chi connectivity index (χ2n) is 8.26. The lowest BCUT2D eigenvalue weighted by atomic mass is 9.96. The van der Waals surface area contributed by atoms with Crippen molar-refractivity contribution in [1.29, 1.82) is 5.26 Å². The third kappa shape index (κ3) is 10.6. The first-order valence-corrected chi connectivity index (χ1v) is 11.7. The van der Waals surface area contributed by atoms with Crippen molar-refractivity contribution >= 4 is 0 Å². The second-order valence-corrected chi connectivity index (χ2v) is 8.26. The summed E-state index contributed by atoms with van der Waals surface area (Å²) in [6.45, 7) is 2.26. The van der Waals surface area contributed by atoms with Crippen molar-refractivity contribution in [2.75, 3.05) is 0 Å². The van der Waals surface area contributed by atoms with Crippen LogP contribution in [0.4, 0.5) is 0 Å². The van der Waals surface area contributed by atoms with Gasteiger partial charge in [-0.3, -0.25) is 0 Å². The summed E-state index contributed by atoms with van der Waals surface area (Å²) in [5.74, 6) is -0.330. The van der Waals surface area contributed by atoms with Crippen LogP contribution in [0, 0.1) is 11.3 Å². The molecule has 0 saturated carbocycles. The van der Waals surface area contributed by atoms with E-state index in [0.29, 0.717) is 6.42 Å². The molecule has 1 aromatic rings. The fourth-order valence-corrected chi connectivity index (χ4v) is 3.91. The van der Waals surface area contributed by atoms with Crippen LogP contribution < -0.4 is 0 Å². The molecule has 0 aliphatic carbocycles. The molecule has 0 bridgehead atoms. The van der Waals surface area contributed by atoms with Crippen molar-refractivity contribution in [2.45, 2.75) is 116 Å². The van der Waals surface area contributed by atoms with Gasteiger partial charge in [0.05, 0.1) is 6.10 Å². The molecule has 0 amide bonds. The molecule has 1 aromatic carbocycles. The van der Waals surface area contributed by atoms with Crippen LogP contribution >= 0.6 is 0 Å². The Bertz CT molecular complexity index is 594. The average molecular weight is 404 g/mol. The van der Waals surface area contributed by atoms with Gasteiger partial charge >= 0.3 is 0 Å². The quantitative estimate of drug-likeness (QED) is 0.189. The molecule has 0 fully saturated rings. The fourth-order valence-electron chi connectivity index (χ4n) is 3.91. The molecule has 1 atom stereocenters. The maximum atomic E-state index is 10.3. The Hall–Kier alpha value is -1.73. The van der Waals surface area contributed by atoms with E-state index in [1.54, 1.807) is 0 Å².